The van der Waals surface area contributed by atoms with Crippen molar-refractivity contribution in [1.29, 1.82) is 0 Å². The second-order valence-electron chi connectivity index (χ2n) is 2.66. The first kappa shape index (κ1) is 12.3. The highest BCUT2D eigenvalue weighted by Crippen LogP contribution is 2.39. The van der Waals surface area contributed by atoms with Gasteiger partial charge in [0.25, 0.3) is 0 Å². The predicted octanol–water partition coefficient (Wildman–Crippen LogP) is 3.00. The number of hydrogen-bond donors (Lipinski definition) is 0. The number of halogens is 6. The van der Waals surface area contributed by atoms with E-state index in [-0.39, 0.29) is 0 Å². The summed E-state index contributed by atoms with van der Waals surface area (Å²) < 4.78 is 71.9. The van der Waals surface area contributed by atoms with Gasteiger partial charge in [0.2, 0.25) is 0 Å². The van der Waals surface area contributed by atoms with Gasteiger partial charge in [0, 0.05) is 5.57 Å². The molecule has 0 aromatic heterocycles. The molecule has 78 valence electrons. The molecule has 0 saturated carbocycles. The minimum absolute atomic E-state index is 1.70. The molecule has 0 aliphatic rings. The molecular formula is C7H8F6. The maximum absolute atomic E-state index is 12.1. The van der Waals surface area contributed by atoms with Crippen molar-refractivity contribution in [1.82, 2.24) is 0 Å². The van der Waals surface area contributed by atoms with Gasteiger partial charge in [-0.1, -0.05) is 6.58 Å². The van der Waals surface area contributed by atoms with Crippen LogP contribution in [0.1, 0.15) is 0 Å². The molecule has 0 rings (SSSR count). The molecule has 0 aliphatic carbocycles. The summed E-state index contributed by atoms with van der Waals surface area (Å²) in [6, 6.07) is 0. The average molecular weight is 206 g/mol. The summed E-state index contributed by atoms with van der Waals surface area (Å²) >= 11 is 0. The summed E-state index contributed by atoms with van der Waals surface area (Å²) in [6.45, 7) is -2.79. The molecular weight excluding hydrogens is 198 g/mol. The van der Waals surface area contributed by atoms with Gasteiger partial charge in [-0.25, -0.2) is 13.2 Å². The van der Waals surface area contributed by atoms with Crippen molar-refractivity contribution in [2.45, 2.75) is 6.18 Å². The minimum Gasteiger partial charge on any atom is -0.250 e. The van der Waals surface area contributed by atoms with Crippen LogP contribution in [0.5, 0.6) is 0 Å². The zero-order valence-corrected chi connectivity index (χ0v) is 6.60. The smallest absolute Gasteiger partial charge is 0.250 e. The van der Waals surface area contributed by atoms with Crippen molar-refractivity contribution in [2.75, 3.05) is 20.0 Å². The molecule has 0 aliphatic heterocycles. The molecule has 6 heteroatoms. The summed E-state index contributed by atoms with van der Waals surface area (Å²) in [5.41, 5.74) is -4.45. The minimum atomic E-state index is -4.97. The van der Waals surface area contributed by atoms with Crippen molar-refractivity contribution in [3.8, 4) is 0 Å². The van der Waals surface area contributed by atoms with Crippen LogP contribution < -0.4 is 0 Å². The number of allylic oxidation sites excluding steroid dienone is 1. The third-order valence-corrected chi connectivity index (χ3v) is 1.75. The molecule has 0 aromatic carbocycles. The van der Waals surface area contributed by atoms with E-state index in [0.717, 1.165) is 0 Å². The first-order chi connectivity index (χ1) is 5.84. The van der Waals surface area contributed by atoms with E-state index < -0.39 is 37.2 Å². The fourth-order valence-electron chi connectivity index (χ4n) is 0.650. The van der Waals surface area contributed by atoms with E-state index in [4.69, 9.17) is 0 Å². The number of alkyl halides is 6. The SMILES string of the molecule is C=C(C(F)(F)F)C(CF)(CF)CF. The van der Waals surface area contributed by atoms with Crippen LogP contribution in [-0.4, -0.2) is 26.2 Å². The maximum atomic E-state index is 12.1. The quantitative estimate of drug-likeness (QED) is 0.490. The molecule has 0 fully saturated rings. The highest BCUT2D eigenvalue weighted by atomic mass is 19.4. The first-order valence-electron chi connectivity index (χ1n) is 3.28. The molecule has 0 heterocycles. The van der Waals surface area contributed by atoms with Crippen molar-refractivity contribution >= 4 is 0 Å². The van der Waals surface area contributed by atoms with Crippen molar-refractivity contribution in [2.24, 2.45) is 5.41 Å². The molecule has 0 saturated heterocycles. The zero-order chi connectivity index (χ0) is 10.7. The van der Waals surface area contributed by atoms with Crippen LogP contribution in [0.15, 0.2) is 12.2 Å². The second kappa shape index (κ2) is 4.02. The van der Waals surface area contributed by atoms with Crippen LogP contribution in [0.2, 0.25) is 0 Å². The fourth-order valence-corrected chi connectivity index (χ4v) is 0.650. The number of hydrogen-bond acceptors (Lipinski definition) is 0. The second-order valence-corrected chi connectivity index (χ2v) is 2.66. The van der Waals surface area contributed by atoms with E-state index in [9.17, 15) is 26.3 Å². The van der Waals surface area contributed by atoms with Gasteiger partial charge >= 0.3 is 6.18 Å². The van der Waals surface area contributed by atoms with Crippen molar-refractivity contribution in [3.05, 3.63) is 12.2 Å². The molecule has 0 spiro atoms. The Balaban J connectivity index is 4.85. The maximum Gasteiger partial charge on any atom is 0.412 e. The summed E-state index contributed by atoms with van der Waals surface area (Å²) in [5.74, 6) is 0. The van der Waals surface area contributed by atoms with E-state index in [0.29, 0.717) is 0 Å². The van der Waals surface area contributed by atoms with Crippen LogP contribution in [0, 0.1) is 5.41 Å². The highest BCUT2D eigenvalue weighted by Gasteiger charge is 2.47. The molecule has 0 aromatic rings. The molecule has 0 bridgehead atoms. The van der Waals surface area contributed by atoms with Crippen molar-refractivity contribution in [3.63, 3.8) is 0 Å². The van der Waals surface area contributed by atoms with Crippen LogP contribution in [0.25, 0.3) is 0 Å². The molecule has 0 unspecified atom stereocenters. The Morgan fingerprint density at radius 1 is 0.923 bits per heavy atom. The third-order valence-electron chi connectivity index (χ3n) is 1.75. The van der Waals surface area contributed by atoms with Gasteiger partial charge in [-0.05, 0) is 0 Å². The van der Waals surface area contributed by atoms with Gasteiger partial charge in [0.1, 0.15) is 20.0 Å². The van der Waals surface area contributed by atoms with Gasteiger partial charge in [0.05, 0.1) is 5.41 Å². The summed E-state index contributed by atoms with van der Waals surface area (Å²) in [7, 11) is 0. The molecule has 13 heavy (non-hydrogen) atoms. The Morgan fingerprint density at radius 3 is 1.31 bits per heavy atom. The fraction of sp³-hybridized carbons (Fsp3) is 0.714. The third kappa shape index (κ3) is 2.38. The largest absolute Gasteiger partial charge is 0.412 e. The normalized spacial score (nSPS) is 13.1. The predicted molar refractivity (Wildman–Crippen MR) is 35.6 cm³/mol. The molecule has 0 atom stereocenters. The van der Waals surface area contributed by atoms with Gasteiger partial charge in [0.15, 0.2) is 0 Å². The Labute approximate surface area is 71.2 Å². The van der Waals surface area contributed by atoms with E-state index in [2.05, 4.69) is 6.58 Å². The van der Waals surface area contributed by atoms with Gasteiger partial charge in [-0.3, -0.25) is 0 Å². The number of rotatable bonds is 4. The lowest BCUT2D eigenvalue weighted by Crippen LogP contribution is -2.37. The van der Waals surface area contributed by atoms with E-state index in [1.54, 1.807) is 0 Å². The van der Waals surface area contributed by atoms with E-state index >= 15 is 0 Å². The molecule has 0 nitrogen and oxygen atoms in total. The van der Waals surface area contributed by atoms with Crippen LogP contribution in [-0.2, 0) is 0 Å². The monoisotopic (exact) mass is 206 g/mol. The topological polar surface area (TPSA) is 0 Å². The highest BCUT2D eigenvalue weighted by molar-refractivity contribution is 5.16. The molecule has 0 amide bonds. The lowest BCUT2D eigenvalue weighted by molar-refractivity contribution is -0.112. The summed E-state index contributed by atoms with van der Waals surface area (Å²) in [6.07, 6.45) is -4.97. The van der Waals surface area contributed by atoms with Crippen LogP contribution >= 0.6 is 0 Å². The zero-order valence-electron chi connectivity index (χ0n) is 6.60. The summed E-state index contributed by atoms with van der Waals surface area (Å²) in [5, 5.41) is 0. The van der Waals surface area contributed by atoms with Crippen LogP contribution in [0.4, 0.5) is 26.3 Å². The Kier molecular flexibility index (Phi) is 3.81. The van der Waals surface area contributed by atoms with Crippen molar-refractivity contribution < 1.29 is 26.3 Å². The Bertz CT molecular complexity index is 170. The molecule has 0 N–H and O–H groups in total. The Hall–Kier alpha value is -0.680. The van der Waals surface area contributed by atoms with Crippen LogP contribution in [0.3, 0.4) is 0 Å². The van der Waals surface area contributed by atoms with E-state index in [1.165, 1.54) is 0 Å². The lowest BCUT2D eigenvalue weighted by atomic mass is 9.84. The summed E-state index contributed by atoms with van der Waals surface area (Å²) in [4.78, 5) is 0. The van der Waals surface area contributed by atoms with Gasteiger partial charge in [-0.15, -0.1) is 0 Å². The van der Waals surface area contributed by atoms with E-state index in [1.807, 2.05) is 0 Å². The Morgan fingerprint density at radius 2 is 1.23 bits per heavy atom. The lowest BCUT2D eigenvalue weighted by Gasteiger charge is -2.27. The molecule has 0 radical (unpaired) electrons. The van der Waals surface area contributed by atoms with Gasteiger partial charge < -0.3 is 0 Å². The standard InChI is InChI=1S/C7H8F6/c1-5(7(11,12)13)6(2-8,3-9)4-10/h1-4H2. The first-order valence-corrected chi connectivity index (χ1v) is 3.28. The average Bonchev–Trinajstić information content (AvgIpc) is 2.07. The van der Waals surface area contributed by atoms with Gasteiger partial charge in [-0.2, -0.15) is 13.2 Å².